The molecule has 2 aliphatic rings. The van der Waals surface area contributed by atoms with Crippen LogP contribution in [0.3, 0.4) is 0 Å². The summed E-state index contributed by atoms with van der Waals surface area (Å²) in [5, 5.41) is 8.97. The van der Waals surface area contributed by atoms with E-state index in [1.54, 1.807) is 6.20 Å². The van der Waals surface area contributed by atoms with E-state index in [1.165, 1.54) is 33.6 Å². The number of hydrogen-bond donors (Lipinski definition) is 2. The SMILES string of the molecule is O=C1c2cnc(Nc3ccc4c(c3)CNCC4)nc2OCN1c1nccs1. The number of fused-ring (bicyclic) bond motifs is 2. The molecule has 3 aromatic rings. The lowest BCUT2D eigenvalue weighted by Gasteiger charge is -2.25. The van der Waals surface area contributed by atoms with Crippen LogP contribution in [0.15, 0.2) is 36.0 Å². The van der Waals surface area contributed by atoms with E-state index in [1.807, 2.05) is 11.4 Å². The Morgan fingerprint density at radius 1 is 1.26 bits per heavy atom. The lowest BCUT2D eigenvalue weighted by atomic mass is 10.0. The van der Waals surface area contributed by atoms with Crippen molar-refractivity contribution in [2.24, 2.45) is 0 Å². The fourth-order valence-electron chi connectivity index (χ4n) is 3.19. The molecule has 136 valence electrons. The maximum Gasteiger partial charge on any atom is 0.269 e. The number of carbonyl (C=O) groups is 1. The number of nitrogens with zero attached hydrogens (tertiary/aromatic N) is 4. The fourth-order valence-corrected chi connectivity index (χ4v) is 3.82. The van der Waals surface area contributed by atoms with Gasteiger partial charge in [-0.25, -0.2) is 14.9 Å². The van der Waals surface area contributed by atoms with Crippen molar-refractivity contribution in [3.05, 3.63) is 52.7 Å². The Morgan fingerprint density at radius 3 is 3.11 bits per heavy atom. The van der Waals surface area contributed by atoms with Gasteiger partial charge >= 0.3 is 0 Å². The molecule has 1 amide bonds. The van der Waals surface area contributed by atoms with Gasteiger partial charge in [0.25, 0.3) is 5.91 Å². The van der Waals surface area contributed by atoms with Crippen LogP contribution >= 0.6 is 11.3 Å². The van der Waals surface area contributed by atoms with E-state index in [0.29, 0.717) is 16.6 Å². The molecule has 0 unspecified atom stereocenters. The first-order chi connectivity index (χ1) is 13.3. The topological polar surface area (TPSA) is 92.3 Å². The average molecular weight is 380 g/mol. The summed E-state index contributed by atoms with van der Waals surface area (Å²) in [5.74, 6) is 0.468. The molecule has 4 heterocycles. The van der Waals surface area contributed by atoms with E-state index in [2.05, 4.69) is 37.7 Å². The zero-order valence-corrected chi connectivity index (χ0v) is 15.1. The second kappa shape index (κ2) is 6.60. The highest BCUT2D eigenvalue weighted by molar-refractivity contribution is 7.13. The molecule has 1 aromatic carbocycles. The van der Waals surface area contributed by atoms with Gasteiger partial charge in [0.2, 0.25) is 11.8 Å². The number of ether oxygens (including phenoxy) is 1. The van der Waals surface area contributed by atoms with Gasteiger partial charge in [-0.3, -0.25) is 4.79 Å². The Hall–Kier alpha value is -3.04. The predicted molar refractivity (Wildman–Crippen MR) is 102 cm³/mol. The molecular formula is C18H16N6O2S. The molecule has 0 atom stereocenters. The minimum atomic E-state index is -0.211. The van der Waals surface area contributed by atoms with Gasteiger partial charge in [-0.15, -0.1) is 11.3 Å². The summed E-state index contributed by atoms with van der Waals surface area (Å²) < 4.78 is 5.67. The summed E-state index contributed by atoms with van der Waals surface area (Å²) in [7, 11) is 0. The third-order valence-electron chi connectivity index (χ3n) is 4.56. The summed E-state index contributed by atoms with van der Waals surface area (Å²) >= 11 is 1.38. The third-order valence-corrected chi connectivity index (χ3v) is 5.35. The van der Waals surface area contributed by atoms with Gasteiger partial charge in [0, 0.05) is 30.0 Å². The lowest BCUT2D eigenvalue weighted by Crippen LogP contribution is -2.39. The number of benzene rings is 1. The summed E-state index contributed by atoms with van der Waals surface area (Å²) in [4.78, 5) is 26.9. The van der Waals surface area contributed by atoms with Crippen molar-refractivity contribution >= 4 is 34.0 Å². The van der Waals surface area contributed by atoms with Gasteiger partial charge in [0.15, 0.2) is 11.9 Å². The molecule has 2 aliphatic heterocycles. The van der Waals surface area contributed by atoms with Crippen molar-refractivity contribution in [3.63, 3.8) is 0 Å². The van der Waals surface area contributed by atoms with Crippen LogP contribution in [0.1, 0.15) is 21.5 Å². The lowest BCUT2D eigenvalue weighted by molar-refractivity contribution is 0.0932. The Labute approximate surface area is 159 Å². The van der Waals surface area contributed by atoms with Crippen LogP contribution in [0.4, 0.5) is 16.8 Å². The molecular weight excluding hydrogens is 364 g/mol. The van der Waals surface area contributed by atoms with Crippen molar-refractivity contribution in [1.82, 2.24) is 20.3 Å². The molecule has 0 radical (unpaired) electrons. The Morgan fingerprint density at radius 2 is 2.22 bits per heavy atom. The number of thiazole rings is 1. The van der Waals surface area contributed by atoms with Crippen molar-refractivity contribution in [3.8, 4) is 5.88 Å². The Bertz CT molecular complexity index is 1010. The van der Waals surface area contributed by atoms with Crippen LogP contribution in [0.5, 0.6) is 5.88 Å². The highest BCUT2D eigenvalue weighted by Gasteiger charge is 2.30. The summed E-state index contributed by atoms with van der Waals surface area (Å²) in [6.07, 6.45) is 4.18. The van der Waals surface area contributed by atoms with Gasteiger partial charge in [0.05, 0.1) is 0 Å². The number of amides is 1. The summed E-state index contributed by atoms with van der Waals surface area (Å²) in [6, 6.07) is 6.24. The largest absolute Gasteiger partial charge is 0.455 e. The predicted octanol–water partition coefficient (Wildman–Crippen LogP) is 2.32. The molecule has 0 saturated heterocycles. The standard InChI is InChI=1S/C18H16N6O2S/c25-16-14-9-21-17(22-13-2-1-11-3-4-19-8-12(11)7-13)23-15(14)26-10-24(16)18-20-5-6-27-18/h1-2,5-7,9,19H,3-4,8,10H2,(H,21,22,23). The smallest absolute Gasteiger partial charge is 0.269 e. The Balaban J connectivity index is 1.38. The molecule has 9 heteroatoms. The van der Waals surface area contributed by atoms with Gasteiger partial charge in [-0.2, -0.15) is 4.98 Å². The molecule has 0 saturated carbocycles. The van der Waals surface area contributed by atoms with Crippen LogP contribution in [0.2, 0.25) is 0 Å². The van der Waals surface area contributed by atoms with E-state index in [-0.39, 0.29) is 18.5 Å². The molecule has 2 aromatic heterocycles. The van der Waals surface area contributed by atoms with Crippen LogP contribution in [0.25, 0.3) is 0 Å². The normalized spacial score (nSPS) is 15.7. The maximum absolute atomic E-state index is 12.7. The number of rotatable bonds is 3. The maximum atomic E-state index is 12.7. The zero-order chi connectivity index (χ0) is 18.2. The monoisotopic (exact) mass is 380 g/mol. The van der Waals surface area contributed by atoms with Crippen LogP contribution in [-0.2, 0) is 13.0 Å². The number of hydrogen-bond acceptors (Lipinski definition) is 8. The van der Waals surface area contributed by atoms with Gasteiger partial charge in [-0.05, 0) is 36.2 Å². The third kappa shape index (κ3) is 3.00. The van der Waals surface area contributed by atoms with Crippen molar-refractivity contribution in [2.45, 2.75) is 13.0 Å². The first-order valence-electron chi connectivity index (χ1n) is 8.59. The molecule has 0 spiro atoms. The minimum Gasteiger partial charge on any atom is -0.455 e. The van der Waals surface area contributed by atoms with Gasteiger partial charge < -0.3 is 15.4 Å². The van der Waals surface area contributed by atoms with Crippen LogP contribution < -0.4 is 20.3 Å². The van der Waals surface area contributed by atoms with E-state index in [0.717, 1.165) is 25.2 Å². The van der Waals surface area contributed by atoms with Gasteiger partial charge in [0.1, 0.15) is 5.56 Å². The Kier molecular flexibility index (Phi) is 3.95. The van der Waals surface area contributed by atoms with E-state index in [9.17, 15) is 4.79 Å². The quantitative estimate of drug-likeness (QED) is 0.720. The minimum absolute atomic E-state index is 0.0836. The second-order valence-corrected chi connectivity index (χ2v) is 7.14. The highest BCUT2D eigenvalue weighted by Crippen LogP contribution is 2.29. The van der Waals surface area contributed by atoms with Crippen molar-refractivity contribution < 1.29 is 9.53 Å². The number of nitrogens with one attached hydrogen (secondary N) is 2. The van der Waals surface area contributed by atoms with Crippen LogP contribution in [0, 0.1) is 0 Å². The van der Waals surface area contributed by atoms with E-state index in [4.69, 9.17) is 4.74 Å². The number of aromatic nitrogens is 3. The van der Waals surface area contributed by atoms with Crippen LogP contribution in [-0.4, -0.2) is 34.1 Å². The van der Waals surface area contributed by atoms with E-state index < -0.39 is 0 Å². The first-order valence-corrected chi connectivity index (χ1v) is 9.46. The zero-order valence-electron chi connectivity index (χ0n) is 14.3. The first kappa shape index (κ1) is 16.2. The van der Waals surface area contributed by atoms with Crippen molar-refractivity contribution in [1.29, 1.82) is 0 Å². The molecule has 0 bridgehead atoms. The molecule has 5 rings (SSSR count). The number of carbonyl (C=O) groups excluding carboxylic acids is 1. The van der Waals surface area contributed by atoms with Gasteiger partial charge in [-0.1, -0.05) is 6.07 Å². The summed E-state index contributed by atoms with van der Waals surface area (Å²) in [5.41, 5.74) is 3.87. The number of anilines is 3. The molecule has 8 nitrogen and oxygen atoms in total. The van der Waals surface area contributed by atoms with E-state index >= 15 is 0 Å². The summed E-state index contributed by atoms with van der Waals surface area (Å²) in [6.45, 7) is 1.96. The fraction of sp³-hybridized carbons (Fsp3) is 0.222. The van der Waals surface area contributed by atoms with Crippen molar-refractivity contribution in [2.75, 3.05) is 23.5 Å². The molecule has 2 N–H and O–H groups in total. The molecule has 27 heavy (non-hydrogen) atoms. The molecule has 0 fully saturated rings. The second-order valence-electron chi connectivity index (χ2n) is 6.27. The average Bonchev–Trinajstić information content (AvgIpc) is 3.23. The highest BCUT2D eigenvalue weighted by atomic mass is 32.1. The molecule has 0 aliphatic carbocycles.